The molecule has 19 heavy (non-hydrogen) atoms. The van der Waals surface area contributed by atoms with Crippen LogP contribution in [0.15, 0.2) is 24.5 Å². The fraction of sp³-hybridized carbons (Fsp3) is 0.308. The van der Waals surface area contributed by atoms with E-state index in [9.17, 15) is 0 Å². The largest absolute Gasteiger partial charge is 0.330 e. The Morgan fingerprint density at radius 1 is 1.26 bits per heavy atom. The molecule has 0 aromatic carbocycles. The second-order valence-electron chi connectivity index (χ2n) is 4.51. The van der Waals surface area contributed by atoms with Crippen molar-refractivity contribution in [2.75, 3.05) is 6.54 Å². The van der Waals surface area contributed by atoms with Crippen LogP contribution in [0, 0.1) is 6.92 Å². The lowest BCUT2D eigenvalue weighted by atomic mass is 10.2. The second kappa shape index (κ2) is 4.47. The molecular formula is C13H16N6. The molecule has 0 bridgehead atoms. The smallest absolute Gasteiger partial charge is 0.232 e. The number of nitrogens with two attached hydrogens (primary N) is 1. The Bertz CT molecular complexity index is 710. The summed E-state index contributed by atoms with van der Waals surface area (Å²) in [6, 6.07) is 3.88. The highest BCUT2D eigenvalue weighted by molar-refractivity contribution is 5.57. The van der Waals surface area contributed by atoms with E-state index in [0.717, 1.165) is 35.0 Å². The molecule has 3 aromatic rings. The van der Waals surface area contributed by atoms with E-state index >= 15 is 0 Å². The van der Waals surface area contributed by atoms with Crippen molar-refractivity contribution in [1.29, 1.82) is 0 Å². The van der Waals surface area contributed by atoms with Gasteiger partial charge in [0.1, 0.15) is 0 Å². The highest BCUT2D eigenvalue weighted by Crippen LogP contribution is 2.20. The number of imidazole rings is 1. The van der Waals surface area contributed by atoms with Crippen LogP contribution in [0.1, 0.15) is 11.4 Å². The maximum atomic E-state index is 5.65. The molecule has 2 N–H and O–H groups in total. The summed E-state index contributed by atoms with van der Waals surface area (Å²) in [6.07, 6.45) is 4.30. The fourth-order valence-corrected chi connectivity index (χ4v) is 2.29. The van der Waals surface area contributed by atoms with Gasteiger partial charge in [-0.05, 0) is 25.6 Å². The molecule has 98 valence electrons. The van der Waals surface area contributed by atoms with Crippen molar-refractivity contribution >= 4 is 5.78 Å². The van der Waals surface area contributed by atoms with Crippen LogP contribution in [0.4, 0.5) is 0 Å². The van der Waals surface area contributed by atoms with Gasteiger partial charge in [0.15, 0.2) is 5.82 Å². The van der Waals surface area contributed by atoms with Crippen LogP contribution in [0.2, 0.25) is 0 Å². The standard InChI is InChI=1S/C13H16N6/c1-9-11(3-6-14)19-13(16-9)18(2)12(17-19)10-4-7-15-8-5-10/h4-5,7-8H,3,6,14H2,1-2H3. The Morgan fingerprint density at radius 3 is 2.68 bits per heavy atom. The van der Waals surface area contributed by atoms with E-state index in [1.165, 1.54) is 0 Å². The molecule has 0 atom stereocenters. The normalized spacial score (nSPS) is 11.3. The zero-order chi connectivity index (χ0) is 13.4. The van der Waals surface area contributed by atoms with Gasteiger partial charge in [0, 0.05) is 31.4 Å². The van der Waals surface area contributed by atoms with Crippen LogP contribution < -0.4 is 5.73 Å². The van der Waals surface area contributed by atoms with Gasteiger partial charge in [-0.1, -0.05) is 0 Å². The minimum atomic E-state index is 0.593. The van der Waals surface area contributed by atoms with E-state index in [1.54, 1.807) is 12.4 Å². The summed E-state index contributed by atoms with van der Waals surface area (Å²) >= 11 is 0. The summed E-state index contributed by atoms with van der Waals surface area (Å²) in [4.78, 5) is 8.60. The summed E-state index contributed by atoms with van der Waals surface area (Å²) in [6.45, 7) is 2.58. The summed E-state index contributed by atoms with van der Waals surface area (Å²) < 4.78 is 3.88. The Hall–Kier alpha value is -2.21. The topological polar surface area (TPSA) is 74.0 Å². The van der Waals surface area contributed by atoms with Gasteiger partial charge >= 0.3 is 0 Å². The number of fused-ring (bicyclic) bond motifs is 1. The third-order valence-electron chi connectivity index (χ3n) is 3.26. The minimum Gasteiger partial charge on any atom is -0.330 e. The predicted octanol–water partition coefficient (Wildman–Crippen LogP) is 0.939. The van der Waals surface area contributed by atoms with Crippen molar-refractivity contribution < 1.29 is 0 Å². The van der Waals surface area contributed by atoms with Crippen molar-refractivity contribution in [3.8, 4) is 11.4 Å². The molecule has 3 aromatic heterocycles. The Balaban J connectivity index is 2.21. The molecule has 0 radical (unpaired) electrons. The molecule has 0 fully saturated rings. The first-order valence-corrected chi connectivity index (χ1v) is 6.23. The van der Waals surface area contributed by atoms with Crippen LogP contribution in [-0.2, 0) is 13.5 Å². The average Bonchev–Trinajstić information content (AvgIpc) is 2.90. The first-order chi connectivity index (χ1) is 9.22. The zero-order valence-electron chi connectivity index (χ0n) is 11.0. The third-order valence-corrected chi connectivity index (χ3v) is 3.26. The molecule has 0 saturated heterocycles. The Labute approximate surface area is 110 Å². The summed E-state index contributed by atoms with van der Waals surface area (Å²) in [5.41, 5.74) is 8.75. The summed E-state index contributed by atoms with van der Waals surface area (Å²) in [7, 11) is 1.97. The SMILES string of the molecule is Cc1nc2n(C)c(-c3ccncc3)nn2c1CCN. The van der Waals surface area contributed by atoms with Crippen molar-refractivity contribution in [3.63, 3.8) is 0 Å². The monoisotopic (exact) mass is 256 g/mol. The number of nitrogens with zero attached hydrogens (tertiary/aromatic N) is 5. The molecule has 0 saturated carbocycles. The molecule has 0 spiro atoms. The average molecular weight is 256 g/mol. The van der Waals surface area contributed by atoms with Crippen LogP contribution in [-0.4, -0.2) is 30.7 Å². The van der Waals surface area contributed by atoms with Gasteiger partial charge in [0.25, 0.3) is 0 Å². The highest BCUT2D eigenvalue weighted by Gasteiger charge is 2.16. The van der Waals surface area contributed by atoms with E-state index in [-0.39, 0.29) is 0 Å². The van der Waals surface area contributed by atoms with Crippen molar-refractivity contribution in [1.82, 2.24) is 24.1 Å². The number of aryl methyl sites for hydroxylation is 2. The molecule has 0 aliphatic carbocycles. The fourth-order valence-electron chi connectivity index (χ4n) is 2.29. The Kier molecular flexibility index (Phi) is 2.79. The molecule has 6 heteroatoms. The van der Waals surface area contributed by atoms with Gasteiger partial charge in [0.2, 0.25) is 5.78 Å². The van der Waals surface area contributed by atoms with Gasteiger partial charge in [-0.15, -0.1) is 5.10 Å². The van der Waals surface area contributed by atoms with Crippen LogP contribution >= 0.6 is 0 Å². The molecular weight excluding hydrogens is 240 g/mol. The molecule has 6 nitrogen and oxygen atoms in total. The summed E-state index contributed by atoms with van der Waals surface area (Å²) in [5.74, 6) is 1.72. The van der Waals surface area contributed by atoms with E-state index in [2.05, 4.69) is 15.1 Å². The molecule has 0 unspecified atom stereocenters. The van der Waals surface area contributed by atoms with Crippen LogP contribution in [0.25, 0.3) is 17.2 Å². The first kappa shape index (κ1) is 11.9. The van der Waals surface area contributed by atoms with E-state index in [1.807, 2.05) is 35.2 Å². The number of aromatic nitrogens is 5. The van der Waals surface area contributed by atoms with E-state index in [0.29, 0.717) is 6.54 Å². The Morgan fingerprint density at radius 2 is 2.00 bits per heavy atom. The van der Waals surface area contributed by atoms with Crippen molar-refractivity contribution in [2.24, 2.45) is 12.8 Å². The maximum Gasteiger partial charge on any atom is 0.232 e. The maximum absolute atomic E-state index is 5.65. The lowest BCUT2D eigenvalue weighted by Gasteiger charge is -1.99. The number of rotatable bonds is 3. The van der Waals surface area contributed by atoms with Gasteiger partial charge in [-0.2, -0.15) is 0 Å². The lowest BCUT2D eigenvalue weighted by Crippen LogP contribution is -2.06. The third kappa shape index (κ3) is 1.80. The number of pyridine rings is 1. The molecule has 0 amide bonds. The van der Waals surface area contributed by atoms with Gasteiger partial charge in [-0.3, -0.25) is 9.55 Å². The molecule has 3 rings (SSSR count). The van der Waals surface area contributed by atoms with Gasteiger partial charge in [0.05, 0.1) is 11.4 Å². The quantitative estimate of drug-likeness (QED) is 0.756. The second-order valence-corrected chi connectivity index (χ2v) is 4.51. The first-order valence-electron chi connectivity index (χ1n) is 6.23. The van der Waals surface area contributed by atoms with Gasteiger partial charge in [-0.25, -0.2) is 9.50 Å². The molecule has 3 heterocycles. The molecule has 0 aliphatic heterocycles. The van der Waals surface area contributed by atoms with Crippen molar-refractivity contribution in [3.05, 3.63) is 35.9 Å². The van der Waals surface area contributed by atoms with Gasteiger partial charge < -0.3 is 5.73 Å². The highest BCUT2D eigenvalue weighted by atomic mass is 15.4. The summed E-state index contributed by atoms with van der Waals surface area (Å²) in [5, 5.41) is 4.66. The van der Waals surface area contributed by atoms with Crippen LogP contribution in [0.5, 0.6) is 0 Å². The molecule has 0 aliphatic rings. The zero-order valence-corrected chi connectivity index (χ0v) is 11.0. The van der Waals surface area contributed by atoms with Crippen LogP contribution in [0.3, 0.4) is 0 Å². The minimum absolute atomic E-state index is 0.593. The number of hydrogen-bond acceptors (Lipinski definition) is 4. The van der Waals surface area contributed by atoms with E-state index < -0.39 is 0 Å². The van der Waals surface area contributed by atoms with E-state index in [4.69, 9.17) is 5.73 Å². The number of hydrogen-bond donors (Lipinski definition) is 1. The van der Waals surface area contributed by atoms with Crippen molar-refractivity contribution in [2.45, 2.75) is 13.3 Å². The predicted molar refractivity (Wildman–Crippen MR) is 72.7 cm³/mol. The lowest BCUT2D eigenvalue weighted by molar-refractivity contribution is 0.835.